The zero-order chi connectivity index (χ0) is 23.2. The largest absolute Gasteiger partial charge is 0.455 e. The van der Waals surface area contributed by atoms with Crippen LogP contribution in [0.25, 0.3) is 0 Å². The minimum absolute atomic E-state index is 0.0361. The van der Waals surface area contributed by atoms with E-state index in [4.69, 9.17) is 16.3 Å². The van der Waals surface area contributed by atoms with E-state index in [9.17, 15) is 14.4 Å². The van der Waals surface area contributed by atoms with Gasteiger partial charge in [-0.05, 0) is 68.6 Å². The molecule has 4 aliphatic carbocycles. The first-order valence-corrected chi connectivity index (χ1v) is 12.5. The lowest BCUT2D eigenvalue weighted by molar-refractivity contribution is -0.170. The summed E-state index contributed by atoms with van der Waals surface area (Å²) in [7, 11) is 0. The molecule has 0 spiro atoms. The molecule has 4 fully saturated rings. The molecule has 5 nitrogen and oxygen atoms in total. The Balaban J connectivity index is 1.26. The number of carbonyl (C=O) groups excluding carboxylic acids is 3. The van der Waals surface area contributed by atoms with Crippen LogP contribution in [0.1, 0.15) is 54.4 Å². The Morgan fingerprint density at radius 2 is 1.73 bits per heavy atom. The maximum Gasteiger partial charge on any atom is 0.312 e. The minimum Gasteiger partial charge on any atom is -0.455 e. The van der Waals surface area contributed by atoms with Crippen LogP contribution in [0.4, 0.5) is 5.69 Å². The summed E-state index contributed by atoms with van der Waals surface area (Å²) < 4.78 is 5.57. The SMILES string of the molecule is O=C(COC(=O)C12C[C@@H]3C[C@@H](CC(Br)(C3)C1)C2)Nc1ccc(Cl)cc1C(=O)c1ccccc1. The second-order valence-corrected chi connectivity index (χ2v) is 12.0. The number of amides is 1. The molecule has 1 amide bonds. The van der Waals surface area contributed by atoms with Gasteiger partial charge in [0.25, 0.3) is 5.91 Å². The van der Waals surface area contributed by atoms with Crippen molar-refractivity contribution in [3.8, 4) is 0 Å². The maximum absolute atomic E-state index is 13.1. The van der Waals surface area contributed by atoms with Crippen LogP contribution in [0, 0.1) is 17.3 Å². The van der Waals surface area contributed by atoms with Crippen LogP contribution in [0.5, 0.6) is 0 Å². The molecule has 0 radical (unpaired) electrons. The fourth-order valence-electron chi connectivity index (χ4n) is 6.42. The maximum atomic E-state index is 13.1. The Morgan fingerprint density at radius 3 is 2.39 bits per heavy atom. The first kappa shape index (κ1) is 22.6. The summed E-state index contributed by atoms with van der Waals surface area (Å²) >= 11 is 10.0. The highest BCUT2D eigenvalue weighted by Crippen LogP contribution is 2.64. The number of hydrogen-bond donors (Lipinski definition) is 1. The normalized spacial score (nSPS) is 29.5. The Labute approximate surface area is 206 Å². The molecule has 7 heteroatoms. The summed E-state index contributed by atoms with van der Waals surface area (Å²) in [4.78, 5) is 38.7. The Hall–Kier alpha value is -2.18. The van der Waals surface area contributed by atoms with Crippen molar-refractivity contribution in [2.45, 2.75) is 42.8 Å². The fraction of sp³-hybridized carbons (Fsp3) is 0.423. The van der Waals surface area contributed by atoms with Crippen molar-refractivity contribution in [3.63, 3.8) is 0 Å². The zero-order valence-corrected chi connectivity index (χ0v) is 20.5. The third-order valence-corrected chi connectivity index (χ3v) is 8.46. The van der Waals surface area contributed by atoms with Crippen LogP contribution in [0.2, 0.25) is 5.02 Å². The molecule has 0 heterocycles. The molecular weight excluding hydrogens is 506 g/mol. The number of esters is 1. The summed E-state index contributed by atoms with van der Waals surface area (Å²) in [6.07, 6.45) is 5.91. The van der Waals surface area contributed by atoms with Crippen molar-refractivity contribution in [1.29, 1.82) is 0 Å². The number of anilines is 1. The van der Waals surface area contributed by atoms with E-state index in [0.29, 0.717) is 28.1 Å². The fourth-order valence-corrected chi connectivity index (χ4v) is 8.04. The van der Waals surface area contributed by atoms with Crippen LogP contribution in [-0.2, 0) is 14.3 Å². The number of ether oxygens (including phenoxy) is 1. The molecule has 1 N–H and O–H groups in total. The van der Waals surface area contributed by atoms with Crippen molar-refractivity contribution < 1.29 is 19.1 Å². The predicted octanol–water partition coefficient (Wildman–Crippen LogP) is 5.79. The van der Waals surface area contributed by atoms with Gasteiger partial charge >= 0.3 is 5.97 Å². The monoisotopic (exact) mass is 529 g/mol. The summed E-state index contributed by atoms with van der Waals surface area (Å²) in [6, 6.07) is 13.5. The van der Waals surface area contributed by atoms with Crippen LogP contribution in [-0.4, -0.2) is 28.6 Å². The molecule has 0 saturated heterocycles. The van der Waals surface area contributed by atoms with Crippen molar-refractivity contribution >= 4 is 50.9 Å². The topological polar surface area (TPSA) is 72.5 Å². The molecule has 0 aliphatic heterocycles. The number of rotatable bonds is 6. The first-order chi connectivity index (χ1) is 15.8. The smallest absolute Gasteiger partial charge is 0.312 e. The first-order valence-electron chi connectivity index (χ1n) is 11.3. The Bertz CT molecular complexity index is 1100. The van der Waals surface area contributed by atoms with E-state index in [-0.39, 0.29) is 28.2 Å². The summed E-state index contributed by atoms with van der Waals surface area (Å²) in [6.45, 7) is -0.382. The van der Waals surface area contributed by atoms with Crippen LogP contribution < -0.4 is 5.32 Å². The Morgan fingerprint density at radius 1 is 1.03 bits per heavy atom. The highest BCUT2D eigenvalue weighted by molar-refractivity contribution is 9.10. The van der Waals surface area contributed by atoms with Crippen molar-refractivity contribution in [2.75, 3.05) is 11.9 Å². The Kier molecular flexibility index (Phi) is 5.86. The van der Waals surface area contributed by atoms with Crippen LogP contribution in [0.3, 0.4) is 0 Å². The highest BCUT2D eigenvalue weighted by Gasteiger charge is 2.60. The molecule has 4 aliphatic rings. The number of hydrogen-bond acceptors (Lipinski definition) is 4. The van der Waals surface area contributed by atoms with Gasteiger partial charge in [0.1, 0.15) is 0 Å². The summed E-state index contributed by atoms with van der Waals surface area (Å²) in [5.41, 5.74) is 0.633. The lowest BCUT2D eigenvalue weighted by Gasteiger charge is -2.58. The molecule has 4 atom stereocenters. The van der Waals surface area contributed by atoms with Crippen LogP contribution >= 0.6 is 27.5 Å². The van der Waals surface area contributed by atoms with Crippen molar-refractivity contribution in [2.24, 2.45) is 17.3 Å². The molecule has 2 unspecified atom stereocenters. The van der Waals surface area contributed by atoms with E-state index in [2.05, 4.69) is 21.2 Å². The van der Waals surface area contributed by atoms with Gasteiger partial charge < -0.3 is 10.1 Å². The van der Waals surface area contributed by atoms with E-state index in [1.54, 1.807) is 36.4 Å². The molecular formula is C26H25BrClNO4. The molecule has 2 aromatic carbocycles. The van der Waals surface area contributed by atoms with Gasteiger partial charge in [0.05, 0.1) is 11.1 Å². The molecule has 33 heavy (non-hydrogen) atoms. The standard InChI is InChI=1S/C26H25BrClNO4/c27-26-12-16-8-17(13-26)11-25(10-16,15-26)24(32)33-14-22(30)29-21-7-6-19(28)9-20(21)23(31)18-4-2-1-3-5-18/h1-7,9,16-17H,8,10-15H2,(H,29,30)/t16-,17+,25?,26?. The molecule has 6 rings (SSSR count). The molecule has 172 valence electrons. The van der Waals surface area contributed by atoms with Crippen molar-refractivity contribution in [1.82, 2.24) is 0 Å². The number of ketones is 1. The van der Waals surface area contributed by atoms with Crippen molar-refractivity contribution in [3.05, 3.63) is 64.7 Å². The van der Waals surface area contributed by atoms with Gasteiger partial charge in [-0.3, -0.25) is 14.4 Å². The molecule has 4 saturated carbocycles. The van der Waals surface area contributed by atoms with Gasteiger partial charge in [0.15, 0.2) is 12.4 Å². The minimum atomic E-state index is -0.484. The van der Waals surface area contributed by atoms with Gasteiger partial charge in [-0.2, -0.15) is 0 Å². The average Bonchev–Trinajstić information content (AvgIpc) is 2.77. The molecule has 2 aromatic rings. The van der Waals surface area contributed by atoms with E-state index in [0.717, 1.165) is 32.1 Å². The second-order valence-electron chi connectivity index (χ2n) is 9.90. The van der Waals surface area contributed by atoms with Gasteiger partial charge in [0.2, 0.25) is 0 Å². The van der Waals surface area contributed by atoms with E-state index < -0.39 is 11.3 Å². The number of carbonyl (C=O) groups is 3. The highest BCUT2D eigenvalue weighted by atomic mass is 79.9. The van der Waals surface area contributed by atoms with E-state index in [1.807, 2.05) is 6.07 Å². The summed E-state index contributed by atoms with van der Waals surface area (Å²) in [5, 5.41) is 3.11. The van der Waals surface area contributed by atoms with Crippen LogP contribution in [0.15, 0.2) is 48.5 Å². The number of nitrogens with one attached hydrogen (secondary N) is 1. The molecule has 4 bridgehead atoms. The van der Waals surface area contributed by atoms with Gasteiger partial charge in [0, 0.05) is 20.5 Å². The van der Waals surface area contributed by atoms with Gasteiger partial charge in [-0.1, -0.05) is 57.9 Å². The van der Waals surface area contributed by atoms with E-state index >= 15 is 0 Å². The second kappa shape index (κ2) is 8.55. The van der Waals surface area contributed by atoms with Gasteiger partial charge in [-0.15, -0.1) is 0 Å². The number of alkyl halides is 1. The number of halogens is 2. The quantitative estimate of drug-likeness (QED) is 0.292. The van der Waals surface area contributed by atoms with E-state index in [1.165, 1.54) is 12.5 Å². The number of benzene rings is 2. The average molecular weight is 531 g/mol. The van der Waals surface area contributed by atoms with Gasteiger partial charge in [-0.25, -0.2) is 0 Å². The predicted molar refractivity (Wildman–Crippen MR) is 130 cm³/mol. The third-order valence-electron chi connectivity index (χ3n) is 7.29. The lowest BCUT2D eigenvalue weighted by atomic mass is 9.49. The third kappa shape index (κ3) is 4.47. The lowest BCUT2D eigenvalue weighted by Crippen LogP contribution is -2.56. The summed E-state index contributed by atoms with van der Waals surface area (Å²) in [5.74, 6) is 0.0974. The zero-order valence-electron chi connectivity index (χ0n) is 18.1. The molecule has 0 aromatic heterocycles.